The van der Waals surface area contributed by atoms with Gasteiger partial charge >= 0.3 is 0 Å². The van der Waals surface area contributed by atoms with Crippen molar-refractivity contribution >= 4 is 0 Å². The molecule has 0 aliphatic heterocycles. The second-order valence-corrected chi connectivity index (χ2v) is 8.63. The van der Waals surface area contributed by atoms with Crippen LogP contribution >= 0.6 is 0 Å². The predicted octanol–water partition coefficient (Wildman–Crippen LogP) is 6.80. The fraction of sp³-hybridized carbons (Fsp3) is 0.739. The van der Waals surface area contributed by atoms with Gasteiger partial charge in [-0.2, -0.15) is 0 Å². The molecule has 1 saturated carbocycles. The van der Waals surface area contributed by atoms with Crippen LogP contribution in [0.4, 0.5) is 0 Å². The van der Waals surface area contributed by atoms with Crippen LogP contribution in [0.5, 0.6) is 0 Å². The summed E-state index contributed by atoms with van der Waals surface area (Å²) in [5, 5.41) is 0. The summed E-state index contributed by atoms with van der Waals surface area (Å²) < 4.78 is 0. The molecule has 0 aromatic heterocycles. The third kappa shape index (κ3) is 3.52. The average Bonchev–Trinajstić information content (AvgIpc) is 2.96. The zero-order valence-electron chi connectivity index (χ0n) is 15.5. The zero-order valence-corrected chi connectivity index (χ0v) is 15.5. The second-order valence-electron chi connectivity index (χ2n) is 8.63. The molecule has 3 aliphatic carbocycles. The van der Waals surface area contributed by atoms with E-state index in [2.05, 4.69) is 51.7 Å². The van der Waals surface area contributed by atoms with Gasteiger partial charge in [-0.15, -0.1) is 6.58 Å². The first-order chi connectivity index (χ1) is 11.1. The van der Waals surface area contributed by atoms with Crippen molar-refractivity contribution in [2.24, 2.45) is 41.4 Å². The Kier molecular flexibility index (Phi) is 5.49. The highest BCUT2D eigenvalue weighted by molar-refractivity contribution is 5.20. The van der Waals surface area contributed by atoms with E-state index >= 15 is 0 Å². The lowest BCUT2D eigenvalue weighted by molar-refractivity contribution is 0.281. The molecule has 7 atom stereocenters. The van der Waals surface area contributed by atoms with Gasteiger partial charge in [0.2, 0.25) is 0 Å². The minimum atomic E-state index is 0.761. The topological polar surface area (TPSA) is 0 Å². The van der Waals surface area contributed by atoms with Gasteiger partial charge in [-0.05, 0) is 80.0 Å². The van der Waals surface area contributed by atoms with Crippen LogP contribution in [0.2, 0.25) is 0 Å². The van der Waals surface area contributed by atoms with Crippen molar-refractivity contribution < 1.29 is 0 Å². The summed E-state index contributed by atoms with van der Waals surface area (Å²) >= 11 is 0. The molecule has 0 radical (unpaired) electrons. The molecular weight excluding hydrogens is 276 g/mol. The fourth-order valence-corrected chi connectivity index (χ4v) is 5.70. The van der Waals surface area contributed by atoms with Crippen molar-refractivity contribution in [1.29, 1.82) is 0 Å². The lowest BCUT2D eigenvalue weighted by atomic mass is 9.67. The fourth-order valence-electron chi connectivity index (χ4n) is 5.70. The monoisotopic (exact) mass is 312 g/mol. The number of allylic oxidation sites excluding steroid dienone is 5. The molecule has 0 aromatic rings. The Labute approximate surface area is 144 Å². The van der Waals surface area contributed by atoms with Crippen molar-refractivity contribution in [3.8, 4) is 0 Å². The first kappa shape index (κ1) is 17.1. The van der Waals surface area contributed by atoms with Crippen LogP contribution < -0.4 is 0 Å². The molecule has 23 heavy (non-hydrogen) atoms. The quantitative estimate of drug-likeness (QED) is 0.501. The van der Waals surface area contributed by atoms with Crippen LogP contribution in [0.15, 0.2) is 36.5 Å². The van der Waals surface area contributed by atoms with Crippen LogP contribution in [-0.2, 0) is 0 Å². The van der Waals surface area contributed by atoms with E-state index in [-0.39, 0.29) is 0 Å². The van der Waals surface area contributed by atoms with Crippen molar-refractivity contribution in [2.45, 2.75) is 65.7 Å². The minimum Gasteiger partial charge on any atom is -0.103 e. The first-order valence-electron chi connectivity index (χ1n) is 10.1. The maximum absolute atomic E-state index is 4.07. The Morgan fingerprint density at radius 2 is 1.91 bits per heavy atom. The largest absolute Gasteiger partial charge is 0.103 e. The molecule has 0 heterocycles. The van der Waals surface area contributed by atoms with Crippen molar-refractivity contribution in [3.05, 3.63) is 36.5 Å². The molecule has 1 fully saturated rings. The summed E-state index contributed by atoms with van der Waals surface area (Å²) in [5.41, 5.74) is 1.83. The Morgan fingerprint density at radius 1 is 1.13 bits per heavy atom. The molecule has 3 rings (SSSR count). The molecule has 0 heteroatoms. The maximum atomic E-state index is 4.07. The SMILES string of the molecule is C=CC1CC(C2C=C(C3CC=CCC3CC)C(C)CC2)CC1C. The minimum absolute atomic E-state index is 0.761. The molecule has 0 saturated heterocycles. The summed E-state index contributed by atoms with van der Waals surface area (Å²) in [6.45, 7) is 11.4. The van der Waals surface area contributed by atoms with Gasteiger partial charge in [0.15, 0.2) is 0 Å². The Morgan fingerprint density at radius 3 is 2.61 bits per heavy atom. The van der Waals surface area contributed by atoms with E-state index in [4.69, 9.17) is 0 Å². The summed E-state index contributed by atoms with van der Waals surface area (Å²) in [6.07, 6.45) is 19.4. The molecule has 128 valence electrons. The van der Waals surface area contributed by atoms with Crippen LogP contribution in [0.1, 0.15) is 65.7 Å². The van der Waals surface area contributed by atoms with E-state index in [1.165, 1.54) is 44.9 Å². The van der Waals surface area contributed by atoms with Gasteiger partial charge in [0.25, 0.3) is 0 Å². The summed E-state index contributed by atoms with van der Waals surface area (Å²) in [5.74, 6) is 5.89. The van der Waals surface area contributed by atoms with Gasteiger partial charge in [-0.25, -0.2) is 0 Å². The smallest absolute Gasteiger partial charge is 0.0135 e. The summed E-state index contributed by atoms with van der Waals surface area (Å²) in [7, 11) is 0. The Hall–Kier alpha value is -0.780. The third-order valence-corrected chi connectivity index (χ3v) is 7.31. The molecule has 0 aromatic carbocycles. The normalized spacial score (nSPS) is 44.1. The van der Waals surface area contributed by atoms with Gasteiger partial charge in [0.1, 0.15) is 0 Å². The molecule has 3 aliphatic rings. The van der Waals surface area contributed by atoms with Gasteiger partial charge < -0.3 is 0 Å². The summed E-state index contributed by atoms with van der Waals surface area (Å²) in [4.78, 5) is 0. The predicted molar refractivity (Wildman–Crippen MR) is 101 cm³/mol. The zero-order chi connectivity index (χ0) is 16.4. The first-order valence-corrected chi connectivity index (χ1v) is 10.1. The Balaban J connectivity index is 1.77. The summed E-state index contributed by atoms with van der Waals surface area (Å²) in [6, 6.07) is 0. The second kappa shape index (κ2) is 7.41. The standard InChI is InChI=1S/C23H36/c1-5-18-9-7-8-10-22(18)23-15-20(12-11-16(23)3)21-13-17(4)19(6-2)14-21/h6-8,15-22H,2,5,9-14H2,1,3-4H3. The van der Waals surface area contributed by atoms with Gasteiger partial charge in [-0.1, -0.05) is 57.1 Å². The van der Waals surface area contributed by atoms with E-state index in [1.807, 2.05) is 5.57 Å². The molecule has 0 amide bonds. The highest BCUT2D eigenvalue weighted by Crippen LogP contribution is 2.48. The number of rotatable bonds is 4. The van der Waals surface area contributed by atoms with Gasteiger partial charge in [0.05, 0.1) is 0 Å². The van der Waals surface area contributed by atoms with E-state index in [1.54, 1.807) is 0 Å². The van der Waals surface area contributed by atoms with E-state index in [0.717, 1.165) is 41.4 Å². The molecule has 0 spiro atoms. The lowest BCUT2D eigenvalue weighted by Crippen LogP contribution is -2.27. The molecular formula is C23H36. The molecule has 0 bridgehead atoms. The van der Waals surface area contributed by atoms with Crippen LogP contribution in [-0.4, -0.2) is 0 Å². The van der Waals surface area contributed by atoms with E-state index < -0.39 is 0 Å². The highest BCUT2D eigenvalue weighted by atomic mass is 14.4. The Bertz CT molecular complexity index is 468. The third-order valence-electron chi connectivity index (χ3n) is 7.31. The van der Waals surface area contributed by atoms with Gasteiger partial charge in [-0.3, -0.25) is 0 Å². The van der Waals surface area contributed by atoms with Gasteiger partial charge in [0, 0.05) is 0 Å². The highest BCUT2D eigenvalue weighted by Gasteiger charge is 2.37. The van der Waals surface area contributed by atoms with Crippen LogP contribution in [0.25, 0.3) is 0 Å². The van der Waals surface area contributed by atoms with Crippen molar-refractivity contribution in [3.63, 3.8) is 0 Å². The van der Waals surface area contributed by atoms with Crippen molar-refractivity contribution in [1.82, 2.24) is 0 Å². The van der Waals surface area contributed by atoms with E-state index in [0.29, 0.717) is 0 Å². The van der Waals surface area contributed by atoms with E-state index in [9.17, 15) is 0 Å². The number of hydrogen-bond acceptors (Lipinski definition) is 0. The van der Waals surface area contributed by atoms with Crippen LogP contribution in [0, 0.1) is 41.4 Å². The molecule has 0 nitrogen and oxygen atoms in total. The lowest BCUT2D eigenvalue weighted by Gasteiger charge is -2.38. The number of hydrogen-bond donors (Lipinski definition) is 0. The van der Waals surface area contributed by atoms with Crippen molar-refractivity contribution in [2.75, 3.05) is 0 Å². The maximum Gasteiger partial charge on any atom is -0.0135 e. The average molecular weight is 313 g/mol. The molecule has 7 unspecified atom stereocenters. The molecule has 0 N–H and O–H groups in total. The van der Waals surface area contributed by atoms with Crippen LogP contribution in [0.3, 0.4) is 0 Å².